The van der Waals surface area contributed by atoms with E-state index < -0.39 is 16.4 Å². The largest absolute Gasteiger partial charge is 0.506 e. The first-order valence-electron chi connectivity index (χ1n) is 5.68. The number of aliphatic imine (C=N–C) groups is 1. The first-order valence-corrected chi connectivity index (χ1v) is 7.65. The zero-order valence-electron chi connectivity index (χ0n) is 10.6. The van der Waals surface area contributed by atoms with Crippen LogP contribution in [0.1, 0.15) is 5.56 Å². The van der Waals surface area contributed by atoms with Gasteiger partial charge in [0.25, 0.3) is 0 Å². The number of nitrogens with zero attached hydrogens (tertiary/aromatic N) is 2. The van der Waals surface area contributed by atoms with Crippen LogP contribution in [0.25, 0.3) is 0 Å². The number of aromatic hydroxyl groups is 2. The summed E-state index contributed by atoms with van der Waals surface area (Å²) in [4.78, 5) is 14.2. The summed E-state index contributed by atoms with van der Waals surface area (Å²) in [6.07, 6.45) is 1.25. The molecule has 0 saturated carbocycles. The van der Waals surface area contributed by atoms with Crippen LogP contribution in [0.4, 0.5) is 11.4 Å². The van der Waals surface area contributed by atoms with Crippen LogP contribution in [0, 0.1) is 10.1 Å². The second kappa shape index (κ2) is 6.64. The molecule has 0 heterocycles. The van der Waals surface area contributed by atoms with Gasteiger partial charge in [0, 0.05) is 22.9 Å². The molecule has 0 aliphatic carbocycles. The first kappa shape index (κ1) is 16.7. The van der Waals surface area contributed by atoms with Crippen LogP contribution < -0.4 is 0 Å². The molecule has 2 aromatic carbocycles. The molecule has 0 aliphatic rings. The number of nitro groups is 1. The quantitative estimate of drug-likeness (QED) is 0.394. The van der Waals surface area contributed by atoms with E-state index in [1.54, 1.807) is 12.1 Å². The molecule has 0 saturated heterocycles. The van der Waals surface area contributed by atoms with Gasteiger partial charge in [0.2, 0.25) is 5.75 Å². The highest BCUT2D eigenvalue weighted by Crippen LogP contribution is 2.37. The highest BCUT2D eigenvalue weighted by molar-refractivity contribution is 9.11. The Morgan fingerprint density at radius 2 is 1.73 bits per heavy atom. The van der Waals surface area contributed by atoms with Crippen molar-refractivity contribution in [2.75, 3.05) is 0 Å². The molecular formula is C13H7Br2ClN2O4. The number of hydrogen-bond donors (Lipinski definition) is 2. The van der Waals surface area contributed by atoms with Crippen molar-refractivity contribution in [3.8, 4) is 11.5 Å². The summed E-state index contributed by atoms with van der Waals surface area (Å²) in [7, 11) is 0. The maximum Gasteiger partial charge on any atom is 0.312 e. The molecule has 0 atom stereocenters. The lowest BCUT2D eigenvalue weighted by Crippen LogP contribution is -1.92. The van der Waals surface area contributed by atoms with Gasteiger partial charge >= 0.3 is 5.69 Å². The van der Waals surface area contributed by atoms with Gasteiger partial charge in [-0.3, -0.25) is 15.1 Å². The fraction of sp³-hybridized carbons (Fsp3) is 0. The number of nitro benzene ring substituents is 1. The van der Waals surface area contributed by atoms with Crippen LogP contribution in [0.2, 0.25) is 5.02 Å². The predicted octanol–water partition coefficient (Wildman–Crippen LogP) is 4.94. The van der Waals surface area contributed by atoms with E-state index in [4.69, 9.17) is 11.6 Å². The Labute approximate surface area is 146 Å². The molecule has 9 heteroatoms. The van der Waals surface area contributed by atoms with Gasteiger partial charge in [-0.2, -0.15) is 0 Å². The Morgan fingerprint density at radius 1 is 1.14 bits per heavy atom. The molecule has 0 unspecified atom stereocenters. The van der Waals surface area contributed by atoms with Gasteiger partial charge in [-0.1, -0.05) is 11.6 Å². The van der Waals surface area contributed by atoms with Crippen molar-refractivity contribution in [3.63, 3.8) is 0 Å². The molecule has 2 rings (SSSR count). The van der Waals surface area contributed by atoms with Gasteiger partial charge in [0.15, 0.2) is 0 Å². The van der Waals surface area contributed by atoms with E-state index >= 15 is 0 Å². The number of halogens is 3. The second-order valence-electron chi connectivity index (χ2n) is 4.14. The highest BCUT2D eigenvalue weighted by Gasteiger charge is 2.17. The standard InChI is InChI=1S/C13H7Br2ClN2O4/c14-9-3-8(4-10(15)13(9)20)17-5-6-1-7(16)2-11(12(6)19)18(21)22/h1-5,19-20H. The van der Waals surface area contributed by atoms with Gasteiger partial charge in [-0.15, -0.1) is 0 Å². The molecule has 0 spiro atoms. The number of benzene rings is 2. The van der Waals surface area contributed by atoms with Crippen molar-refractivity contribution >= 4 is 61.1 Å². The van der Waals surface area contributed by atoms with Crippen molar-refractivity contribution < 1.29 is 15.1 Å². The van der Waals surface area contributed by atoms with E-state index in [-0.39, 0.29) is 16.3 Å². The Balaban J connectivity index is 2.45. The van der Waals surface area contributed by atoms with Gasteiger partial charge in [0.05, 0.1) is 19.6 Å². The van der Waals surface area contributed by atoms with Crippen LogP contribution in [0.3, 0.4) is 0 Å². The molecule has 2 N–H and O–H groups in total. The summed E-state index contributed by atoms with van der Waals surface area (Å²) in [6, 6.07) is 5.51. The smallest absolute Gasteiger partial charge is 0.312 e. The summed E-state index contributed by atoms with van der Waals surface area (Å²) >= 11 is 12.1. The third kappa shape index (κ3) is 3.57. The summed E-state index contributed by atoms with van der Waals surface area (Å²) in [5.74, 6) is -0.491. The Bertz CT molecular complexity index is 773. The molecule has 0 amide bonds. The van der Waals surface area contributed by atoms with Crippen molar-refractivity contribution in [1.82, 2.24) is 0 Å². The van der Waals surface area contributed by atoms with Crippen LogP contribution in [-0.2, 0) is 0 Å². The Morgan fingerprint density at radius 3 is 2.27 bits per heavy atom. The third-order valence-corrected chi connectivity index (χ3v) is 4.06. The van der Waals surface area contributed by atoms with Crippen molar-refractivity contribution in [3.05, 3.63) is 53.9 Å². The fourth-order valence-electron chi connectivity index (χ4n) is 1.61. The zero-order chi connectivity index (χ0) is 16.4. The van der Waals surface area contributed by atoms with Gasteiger partial charge < -0.3 is 10.2 Å². The highest BCUT2D eigenvalue weighted by atomic mass is 79.9. The van der Waals surface area contributed by atoms with E-state index in [1.807, 2.05) is 0 Å². The molecule has 114 valence electrons. The van der Waals surface area contributed by atoms with Crippen molar-refractivity contribution in [1.29, 1.82) is 0 Å². The minimum absolute atomic E-state index is 0.0280. The summed E-state index contributed by atoms with van der Waals surface area (Å²) in [5.41, 5.74) is 0.0696. The first-order chi connectivity index (χ1) is 10.3. The van der Waals surface area contributed by atoms with Crippen LogP contribution in [0.5, 0.6) is 11.5 Å². The van der Waals surface area contributed by atoms with Gasteiger partial charge in [-0.05, 0) is 50.1 Å². The number of hydrogen-bond acceptors (Lipinski definition) is 5. The molecule has 2 aromatic rings. The second-order valence-corrected chi connectivity index (χ2v) is 6.28. The van der Waals surface area contributed by atoms with E-state index in [0.717, 1.165) is 6.07 Å². The lowest BCUT2D eigenvalue weighted by Gasteiger charge is -2.03. The van der Waals surface area contributed by atoms with Gasteiger partial charge in [-0.25, -0.2) is 0 Å². The van der Waals surface area contributed by atoms with E-state index in [2.05, 4.69) is 36.9 Å². The van der Waals surface area contributed by atoms with E-state index in [9.17, 15) is 20.3 Å². The molecule has 0 aromatic heterocycles. The maximum absolute atomic E-state index is 10.8. The zero-order valence-corrected chi connectivity index (χ0v) is 14.6. The SMILES string of the molecule is O=[N+]([O-])c1cc(Cl)cc(C=Nc2cc(Br)c(O)c(Br)c2)c1O. The number of phenols is 2. The molecule has 0 bridgehead atoms. The summed E-state index contributed by atoms with van der Waals surface area (Å²) < 4.78 is 0.852. The predicted molar refractivity (Wildman–Crippen MR) is 90.5 cm³/mol. The van der Waals surface area contributed by atoms with Crippen molar-refractivity contribution in [2.45, 2.75) is 0 Å². The monoisotopic (exact) mass is 448 g/mol. The molecule has 0 fully saturated rings. The third-order valence-electron chi connectivity index (χ3n) is 2.64. The van der Waals surface area contributed by atoms with Crippen LogP contribution in [0.15, 0.2) is 38.2 Å². The number of rotatable bonds is 3. The minimum atomic E-state index is -0.730. The lowest BCUT2D eigenvalue weighted by molar-refractivity contribution is -0.385. The summed E-state index contributed by atoms with van der Waals surface area (Å²) in [6.45, 7) is 0. The Hall–Kier alpha value is -1.64. The topological polar surface area (TPSA) is 96.0 Å². The van der Waals surface area contributed by atoms with Gasteiger partial charge in [0.1, 0.15) is 5.75 Å². The molecular weight excluding hydrogens is 443 g/mol. The van der Waals surface area contributed by atoms with Crippen LogP contribution in [-0.4, -0.2) is 21.4 Å². The van der Waals surface area contributed by atoms with E-state index in [1.165, 1.54) is 12.3 Å². The molecule has 0 aliphatic heterocycles. The number of phenolic OH excluding ortho intramolecular Hbond substituents is 2. The molecule has 0 radical (unpaired) electrons. The van der Waals surface area contributed by atoms with Crippen molar-refractivity contribution in [2.24, 2.45) is 4.99 Å². The van der Waals surface area contributed by atoms with E-state index in [0.29, 0.717) is 14.6 Å². The lowest BCUT2D eigenvalue weighted by atomic mass is 10.2. The maximum atomic E-state index is 10.8. The minimum Gasteiger partial charge on any atom is -0.506 e. The normalized spacial score (nSPS) is 11.0. The summed E-state index contributed by atoms with van der Waals surface area (Å²) in [5, 5.41) is 30.4. The average Bonchev–Trinajstić information content (AvgIpc) is 2.44. The average molecular weight is 450 g/mol. The Kier molecular flexibility index (Phi) is 5.05. The fourth-order valence-corrected chi connectivity index (χ4v) is 3.00. The molecule has 22 heavy (non-hydrogen) atoms. The van der Waals surface area contributed by atoms with Crippen LogP contribution >= 0.6 is 43.5 Å². The molecule has 6 nitrogen and oxygen atoms in total.